The molecule has 1 aromatic carbocycles. The Hall–Kier alpha value is -6.62. The number of hydrogen-bond acceptors (Lipinski definition) is 13. The van der Waals surface area contributed by atoms with Crippen LogP contribution in [0.3, 0.4) is 0 Å². The number of nitro benzene ring substituents is 2. The number of anilines is 1. The van der Waals surface area contributed by atoms with Crippen LogP contribution >= 0.6 is 0 Å². The van der Waals surface area contributed by atoms with Crippen LogP contribution in [0.5, 0.6) is 0 Å². The molecule has 60 heavy (non-hydrogen) atoms. The molecule has 6 atom stereocenters. The van der Waals surface area contributed by atoms with Crippen molar-refractivity contribution in [2.24, 2.45) is 34.0 Å². The Labute approximate surface area is 346 Å². The smallest absolute Gasteiger partial charge is 0.299 e. The first-order chi connectivity index (χ1) is 28.2. The van der Waals surface area contributed by atoms with Gasteiger partial charge in [0.25, 0.3) is 11.4 Å². The zero-order valence-electron chi connectivity index (χ0n) is 34.4. The maximum atomic E-state index is 13.6. The quantitative estimate of drug-likeness (QED) is 0.0184. The van der Waals surface area contributed by atoms with Crippen LogP contribution < -0.4 is 54.0 Å². The number of amides is 7. The molecule has 6 unspecified atom stereocenters. The molecular formula is C36H57N13O11. The Bertz CT molecular complexity index is 1790. The van der Waals surface area contributed by atoms with E-state index in [0.717, 1.165) is 12.1 Å². The number of nitrogens with zero attached hydrogens (tertiary/aromatic N) is 4. The lowest BCUT2D eigenvalue weighted by Crippen LogP contribution is -2.57. The Morgan fingerprint density at radius 2 is 1.48 bits per heavy atom. The van der Waals surface area contributed by atoms with Gasteiger partial charge in [-0.1, -0.05) is 34.1 Å². The summed E-state index contributed by atoms with van der Waals surface area (Å²) in [5.41, 5.74) is 14.9. The van der Waals surface area contributed by atoms with E-state index in [2.05, 4.69) is 36.9 Å². The van der Waals surface area contributed by atoms with Crippen LogP contribution in [0.4, 0.5) is 17.1 Å². The minimum Gasteiger partial charge on any atom is -0.370 e. The summed E-state index contributed by atoms with van der Waals surface area (Å²) < 4.78 is 0. The normalized spacial score (nSPS) is 15.9. The van der Waals surface area contributed by atoms with E-state index in [-0.39, 0.29) is 49.9 Å². The van der Waals surface area contributed by atoms with Crippen LogP contribution in [-0.2, 0) is 33.6 Å². The van der Waals surface area contributed by atoms with Crippen LogP contribution in [0, 0.1) is 32.1 Å². The molecule has 1 aliphatic rings. The number of nitrogens with two attached hydrogens (primary N) is 3. The second kappa shape index (κ2) is 23.7. The maximum Gasteiger partial charge on any atom is 0.299 e. The van der Waals surface area contributed by atoms with Crippen LogP contribution in [0.1, 0.15) is 73.1 Å². The first-order valence-corrected chi connectivity index (χ1v) is 19.5. The maximum absolute atomic E-state index is 13.6. The van der Waals surface area contributed by atoms with Crippen molar-refractivity contribution in [2.75, 3.05) is 31.1 Å². The number of benzene rings is 1. The number of hydrogen-bond donors (Lipinski definition) is 9. The van der Waals surface area contributed by atoms with E-state index in [1.165, 1.54) is 17.9 Å². The zero-order valence-corrected chi connectivity index (χ0v) is 34.4. The zero-order chi connectivity index (χ0) is 45.3. The number of rotatable bonds is 24. The van der Waals surface area contributed by atoms with Crippen molar-refractivity contribution in [2.45, 2.75) is 103 Å². The average Bonchev–Trinajstić information content (AvgIpc) is 3.68. The van der Waals surface area contributed by atoms with Crippen molar-refractivity contribution in [3.8, 4) is 0 Å². The molecule has 2 rings (SSSR count). The van der Waals surface area contributed by atoms with Gasteiger partial charge < -0.3 is 54.0 Å². The van der Waals surface area contributed by atoms with Gasteiger partial charge in [0.15, 0.2) is 5.96 Å². The Balaban J connectivity index is 2.01. The van der Waals surface area contributed by atoms with Crippen molar-refractivity contribution in [1.82, 2.24) is 31.9 Å². The molecule has 0 saturated carbocycles. The van der Waals surface area contributed by atoms with Gasteiger partial charge in [0.05, 0.1) is 29.0 Å². The molecule has 1 aromatic rings. The van der Waals surface area contributed by atoms with Crippen molar-refractivity contribution in [3.63, 3.8) is 0 Å². The van der Waals surface area contributed by atoms with E-state index in [1.54, 1.807) is 13.8 Å². The third-order valence-corrected chi connectivity index (χ3v) is 9.61. The molecule has 0 bridgehead atoms. The van der Waals surface area contributed by atoms with E-state index in [4.69, 9.17) is 17.2 Å². The largest absolute Gasteiger partial charge is 0.370 e. The highest BCUT2D eigenvalue weighted by Crippen LogP contribution is 2.36. The number of non-ortho nitro benzene ring substituents is 1. The molecule has 0 aliphatic carbocycles. The van der Waals surface area contributed by atoms with Crippen LogP contribution in [0.15, 0.2) is 23.2 Å². The van der Waals surface area contributed by atoms with Gasteiger partial charge in [-0.15, -0.1) is 0 Å². The number of carbonyl (C=O) groups is 7. The van der Waals surface area contributed by atoms with Crippen molar-refractivity contribution < 1.29 is 43.4 Å². The third-order valence-electron chi connectivity index (χ3n) is 9.61. The molecule has 1 fully saturated rings. The lowest BCUT2D eigenvalue weighted by atomic mass is 9.98. The number of nitro groups is 2. The highest BCUT2D eigenvalue weighted by molar-refractivity contribution is 5.96. The van der Waals surface area contributed by atoms with Crippen molar-refractivity contribution in [1.29, 1.82) is 0 Å². The van der Waals surface area contributed by atoms with Gasteiger partial charge in [0.2, 0.25) is 41.4 Å². The van der Waals surface area contributed by atoms with Gasteiger partial charge in [-0.2, -0.15) is 0 Å². The first-order valence-electron chi connectivity index (χ1n) is 19.5. The predicted octanol–water partition coefficient (Wildman–Crippen LogP) is -1.71. The van der Waals surface area contributed by atoms with Gasteiger partial charge in [-0.25, -0.2) is 0 Å². The average molecular weight is 848 g/mol. The van der Waals surface area contributed by atoms with Gasteiger partial charge in [0.1, 0.15) is 35.9 Å². The van der Waals surface area contributed by atoms with Crippen molar-refractivity contribution >= 4 is 64.4 Å². The number of nitrogens with one attached hydrogen (secondary N) is 6. The third kappa shape index (κ3) is 15.6. The van der Waals surface area contributed by atoms with E-state index >= 15 is 0 Å². The molecule has 1 saturated heterocycles. The molecule has 1 aliphatic heterocycles. The summed E-state index contributed by atoms with van der Waals surface area (Å²) in [6.45, 7) is 7.77. The molecule has 7 amide bonds. The summed E-state index contributed by atoms with van der Waals surface area (Å²) in [5.74, 6) is -5.70. The fourth-order valence-corrected chi connectivity index (χ4v) is 6.25. The number of primary amides is 1. The molecule has 0 radical (unpaired) electrons. The summed E-state index contributed by atoms with van der Waals surface area (Å²) in [4.78, 5) is 117. The Morgan fingerprint density at radius 3 is 2.05 bits per heavy atom. The van der Waals surface area contributed by atoms with Crippen molar-refractivity contribution in [3.05, 3.63) is 38.4 Å². The minimum atomic E-state index is -1.16. The number of guanidine groups is 1. The number of aliphatic imine (C=N–C) groups is 1. The topological polar surface area (TPSA) is 372 Å². The molecule has 0 aromatic heterocycles. The molecule has 1 heterocycles. The fraction of sp³-hybridized carbons (Fsp3) is 0.611. The Kier molecular flexibility index (Phi) is 19.6. The van der Waals surface area contributed by atoms with Gasteiger partial charge in [0, 0.05) is 19.2 Å². The predicted molar refractivity (Wildman–Crippen MR) is 218 cm³/mol. The van der Waals surface area contributed by atoms with Gasteiger partial charge in [-0.05, 0) is 56.9 Å². The standard InChI is InChI=1S/C36H57N13O11/c1-6-20(4)30(35(56)43-21(5)32(53)41-17-28(50)44-23(31(37)52)9-7-13-40-36(38)39)46-29(51)18-42-33(54)24(15-19(2)3)45-34(55)26-10-8-14-47(26)25-12-11-22(48(57)58)16-27(25)49(59)60/h11-12,16,19-21,23-24,26,30H,6-10,13-15,17-18H2,1-5H3,(H2,37,52)(H,41,53)(H,42,54)(H,43,56)(H,44,50)(H,45,55)(H,46,51)(H4,38,39,40). The highest BCUT2D eigenvalue weighted by Gasteiger charge is 2.37. The molecule has 332 valence electrons. The number of carbonyl (C=O) groups excluding carboxylic acids is 7. The second-order valence-corrected chi connectivity index (χ2v) is 14.8. The molecule has 0 spiro atoms. The lowest BCUT2D eigenvalue weighted by molar-refractivity contribution is -0.393. The summed E-state index contributed by atoms with van der Waals surface area (Å²) in [6, 6.07) is -2.25. The van der Waals surface area contributed by atoms with Crippen LogP contribution in [-0.4, -0.2) is 114 Å². The summed E-state index contributed by atoms with van der Waals surface area (Å²) in [5, 5.41) is 38.1. The van der Waals surface area contributed by atoms with E-state index in [9.17, 15) is 53.8 Å². The summed E-state index contributed by atoms with van der Waals surface area (Å²) >= 11 is 0. The lowest BCUT2D eigenvalue weighted by Gasteiger charge is -2.28. The van der Waals surface area contributed by atoms with E-state index < -0.39 is 112 Å². The molecular weight excluding hydrogens is 790 g/mol. The highest BCUT2D eigenvalue weighted by atomic mass is 16.6. The first kappa shape index (κ1) is 49.5. The summed E-state index contributed by atoms with van der Waals surface area (Å²) in [6.07, 6.45) is 1.83. The molecule has 24 nitrogen and oxygen atoms in total. The summed E-state index contributed by atoms with van der Waals surface area (Å²) in [7, 11) is 0. The van der Waals surface area contributed by atoms with Gasteiger partial charge in [-0.3, -0.25) is 58.8 Å². The molecule has 24 heteroatoms. The fourth-order valence-electron chi connectivity index (χ4n) is 6.25. The Morgan fingerprint density at radius 1 is 0.850 bits per heavy atom. The minimum absolute atomic E-state index is 0.0198. The monoisotopic (exact) mass is 847 g/mol. The van der Waals surface area contributed by atoms with Crippen LogP contribution in [0.2, 0.25) is 0 Å². The molecule has 12 N–H and O–H groups in total. The van der Waals surface area contributed by atoms with Crippen LogP contribution in [0.25, 0.3) is 0 Å². The van der Waals surface area contributed by atoms with E-state index in [1.807, 2.05) is 13.8 Å². The second-order valence-electron chi connectivity index (χ2n) is 14.8. The SMILES string of the molecule is CCC(C)C(NC(=O)CNC(=O)C(CC(C)C)NC(=O)C1CCCN1c1ccc([N+](=O)[O-])cc1[N+](=O)[O-])C(=O)NC(C)C(=O)NCC(=O)NC(CCCN=C(N)N)C(N)=O. The van der Waals surface area contributed by atoms with E-state index in [0.29, 0.717) is 19.3 Å². The van der Waals surface area contributed by atoms with Gasteiger partial charge >= 0.3 is 0 Å².